The molecular formula is C18H12ClF2N3O2. The molecule has 1 heterocycles. The highest BCUT2D eigenvalue weighted by Gasteiger charge is 2.18. The summed E-state index contributed by atoms with van der Waals surface area (Å²) in [4.78, 5) is 24.5. The lowest BCUT2D eigenvalue weighted by atomic mass is 10.2. The van der Waals surface area contributed by atoms with Gasteiger partial charge in [-0.2, -0.15) is 5.10 Å². The van der Waals surface area contributed by atoms with Crippen LogP contribution < -0.4 is 10.7 Å². The first kappa shape index (κ1) is 17.8. The summed E-state index contributed by atoms with van der Waals surface area (Å²) in [6.45, 7) is 1.63. The van der Waals surface area contributed by atoms with E-state index in [-0.39, 0.29) is 5.69 Å². The number of amides is 1. The first-order chi connectivity index (χ1) is 12.4. The molecule has 3 rings (SSSR count). The van der Waals surface area contributed by atoms with Crippen molar-refractivity contribution in [2.45, 2.75) is 6.92 Å². The zero-order valence-corrected chi connectivity index (χ0v) is 14.2. The fraction of sp³-hybridized carbons (Fsp3) is 0.0556. The van der Waals surface area contributed by atoms with Crippen LogP contribution in [0, 0.1) is 18.6 Å². The molecule has 132 valence electrons. The molecule has 0 spiro atoms. The summed E-state index contributed by atoms with van der Waals surface area (Å²) in [7, 11) is 0. The first-order valence-corrected chi connectivity index (χ1v) is 7.87. The number of halogens is 3. The molecule has 0 atom stereocenters. The number of carbonyl (C=O) groups excluding carboxylic acids is 1. The standard InChI is InChI=1S/C18H12ClF2N3O2/c1-10-8-16(25)17(23-24(10)15-5-3-2-4-12(15)19)18(26)22-14-9-11(20)6-7-13(14)21/h2-9H,1H3,(H,22,26). The molecule has 0 aliphatic rings. The van der Waals surface area contributed by atoms with Crippen molar-refractivity contribution in [2.75, 3.05) is 5.32 Å². The van der Waals surface area contributed by atoms with Crippen LogP contribution in [0.4, 0.5) is 14.5 Å². The van der Waals surface area contributed by atoms with Gasteiger partial charge < -0.3 is 5.32 Å². The van der Waals surface area contributed by atoms with E-state index in [0.29, 0.717) is 16.4 Å². The van der Waals surface area contributed by atoms with Crippen LogP contribution in [0.15, 0.2) is 53.3 Å². The molecule has 1 N–H and O–H groups in total. The quantitative estimate of drug-likeness (QED) is 0.758. The van der Waals surface area contributed by atoms with Gasteiger partial charge in [-0.05, 0) is 31.2 Å². The maximum Gasteiger partial charge on any atom is 0.280 e. The third-order valence-electron chi connectivity index (χ3n) is 3.58. The summed E-state index contributed by atoms with van der Waals surface area (Å²) in [6.07, 6.45) is 0. The summed E-state index contributed by atoms with van der Waals surface area (Å²) in [5, 5.41) is 6.57. The first-order valence-electron chi connectivity index (χ1n) is 7.49. The Morgan fingerprint density at radius 3 is 2.62 bits per heavy atom. The minimum absolute atomic E-state index is 0.370. The molecule has 0 saturated heterocycles. The molecule has 0 aliphatic heterocycles. The van der Waals surface area contributed by atoms with E-state index < -0.39 is 28.7 Å². The molecule has 8 heteroatoms. The van der Waals surface area contributed by atoms with Crippen LogP contribution in [0.2, 0.25) is 5.02 Å². The van der Waals surface area contributed by atoms with Gasteiger partial charge >= 0.3 is 0 Å². The molecule has 0 fully saturated rings. The van der Waals surface area contributed by atoms with Gasteiger partial charge in [-0.3, -0.25) is 9.59 Å². The number of benzene rings is 2. The molecule has 0 saturated carbocycles. The number of hydrogen-bond donors (Lipinski definition) is 1. The van der Waals surface area contributed by atoms with E-state index in [4.69, 9.17) is 11.6 Å². The van der Waals surface area contributed by atoms with Gasteiger partial charge in [0.05, 0.1) is 16.4 Å². The molecule has 2 aromatic carbocycles. The second kappa shape index (κ2) is 7.05. The fourth-order valence-corrected chi connectivity index (χ4v) is 2.56. The topological polar surface area (TPSA) is 64.0 Å². The van der Waals surface area contributed by atoms with E-state index in [9.17, 15) is 18.4 Å². The summed E-state index contributed by atoms with van der Waals surface area (Å²) in [5.74, 6) is -2.52. The summed E-state index contributed by atoms with van der Waals surface area (Å²) < 4.78 is 28.3. The van der Waals surface area contributed by atoms with Crippen molar-refractivity contribution in [3.8, 4) is 5.69 Å². The number of para-hydroxylation sites is 1. The van der Waals surface area contributed by atoms with Crippen molar-refractivity contribution in [2.24, 2.45) is 0 Å². The maximum atomic E-state index is 13.7. The lowest BCUT2D eigenvalue weighted by Crippen LogP contribution is -2.27. The van der Waals surface area contributed by atoms with Gasteiger partial charge in [0, 0.05) is 17.8 Å². The van der Waals surface area contributed by atoms with Gasteiger partial charge in [0.15, 0.2) is 5.69 Å². The lowest BCUT2D eigenvalue weighted by molar-refractivity contribution is 0.101. The van der Waals surface area contributed by atoms with Gasteiger partial charge in [-0.15, -0.1) is 0 Å². The second-order valence-corrected chi connectivity index (χ2v) is 5.85. The largest absolute Gasteiger partial charge is 0.318 e. The van der Waals surface area contributed by atoms with Gasteiger partial charge in [-0.1, -0.05) is 23.7 Å². The molecule has 0 radical (unpaired) electrons. The van der Waals surface area contributed by atoms with Crippen molar-refractivity contribution < 1.29 is 13.6 Å². The number of aryl methyl sites for hydroxylation is 1. The minimum atomic E-state index is -0.958. The van der Waals surface area contributed by atoms with Crippen molar-refractivity contribution in [1.29, 1.82) is 0 Å². The number of aromatic nitrogens is 2. The number of rotatable bonds is 3. The molecule has 0 bridgehead atoms. The van der Waals surface area contributed by atoms with Crippen LogP contribution in [0.25, 0.3) is 5.69 Å². The predicted molar refractivity (Wildman–Crippen MR) is 93.9 cm³/mol. The summed E-state index contributed by atoms with van der Waals surface area (Å²) in [5.41, 5.74) is -0.588. The molecular weight excluding hydrogens is 364 g/mol. The third-order valence-corrected chi connectivity index (χ3v) is 3.90. The van der Waals surface area contributed by atoms with Crippen LogP contribution >= 0.6 is 11.6 Å². The average Bonchev–Trinajstić information content (AvgIpc) is 2.59. The van der Waals surface area contributed by atoms with E-state index in [1.807, 2.05) is 0 Å². The van der Waals surface area contributed by atoms with Crippen LogP contribution in [-0.4, -0.2) is 15.7 Å². The Morgan fingerprint density at radius 2 is 1.88 bits per heavy atom. The van der Waals surface area contributed by atoms with E-state index in [2.05, 4.69) is 10.4 Å². The zero-order valence-electron chi connectivity index (χ0n) is 13.5. The molecule has 3 aromatic rings. The van der Waals surface area contributed by atoms with E-state index in [1.165, 1.54) is 10.7 Å². The van der Waals surface area contributed by atoms with Crippen LogP contribution in [-0.2, 0) is 0 Å². The predicted octanol–water partition coefficient (Wildman–Crippen LogP) is 3.72. The Morgan fingerprint density at radius 1 is 1.15 bits per heavy atom. The fourth-order valence-electron chi connectivity index (χ4n) is 2.35. The highest BCUT2D eigenvalue weighted by Crippen LogP contribution is 2.20. The molecule has 0 aliphatic carbocycles. The smallest absolute Gasteiger partial charge is 0.280 e. The van der Waals surface area contributed by atoms with Gasteiger partial charge in [0.25, 0.3) is 5.91 Å². The van der Waals surface area contributed by atoms with Crippen LogP contribution in [0.3, 0.4) is 0 Å². The van der Waals surface area contributed by atoms with Crippen LogP contribution in [0.5, 0.6) is 0 Å². The number of carbonyl (C=O) groups is 1. The average molecular weight is 376 g/mol. The van der Waals surface area contributed by atoms with E-state index >= 15 is 0 Å². The lowest BCUT2D eigenvalue weighted by Gasteiger charge is -2.12. The Hall–Kier alpha value is -3.06. The highest BCUT2D eigenvalue weighted by molar-refractivity contribution is 6.32. The van der Waals surface area contributed by atoms with Crippen molar-refractivity contribution in [3.05, 3.63) is 86.8 Å². The van der Waals surface area contributed by atoms with Gasteiger partial charge in [0.1, 0.15) is 11.6 Å². The SMILES string of the molecule is Cc1cc(=O)c(C(=O)Nc2cc(F)ccc2F)nn1-c1ccccc1Cl. The zero-order chi connectivity index (χ0) is 18.8. The summed E-state index contributed by atoms with van der Waals surface area (Å²) in [6, 6.07) is 10.6. The second-order valence-electron chi connectivity index (χ2n) is 5.44. The minimum Gasteiger partial charge on any atom is -0.318 e. The van der Waals surface area contributed by atoms with Crippen molar-refractivity contribution >= 4 is 23.2 Å². The van der Waals surface area contributed by atoms with Crippen molar-refractivity contribution in [3.63, 3.8) is 0 Å². The van der Waals surface area contributed by atoms with E-state index in [0.717, 1.165) is 18.2 Å². The molecule has 1 amide bonds. The highest BCUT2D eigenvalue weighted by atomic mass is 35.5. The molecule has 5 nitrogen and oxygen atoms in total. The number of anilines is 1. The Kier molecular flexibility index (Phi) is 4.81. The molecule has 26 heavy (non-hydrogen) atoms. The Labute approximate surface area is 151 Å². The summed E-state index contributed by atoms with van der Waals surface area (Å²) >= 11 is 6.14. The number of nitrogens with zero attached hydrogens (tertiary/aromatic N) is 2. The van der Waals surface area contributed by atoms with E-state index in [1.54, 1.807) is 31.2 Å². The monoisotopic (exact) mass is 375 g/mol. The molecule has 0 unspecified atom stereocenters. The van der Waals surface area contributed by atoms with Crippen molar-refractivity contribution in [1.82, 2.24) is 9.78 Å². The van der Waals surface area contributed by atoms with Gasteiger partial charge in [0.2, 0.25) is 5.43 Å². The van der Waals surface area contributed by atoms with Crippen LogP contribution in [0.1, 0.15) is 16.2 Å². The van der Waals surface area contributed by atoms with Gasteiger partial charge in [-0.25, -0.2) is 13.5 Å². The number of hydrogen-bond acceptors (Lipinski definition) is 3. The third kappa shape index (κ3) is 3.48. The normalized spacial score (nSPS) is 10.6. The number of nitrogens with one attached hydrogen (secondary N) is 1. The Balaban J connectivity index is 2.04. The Bertz CT molecular complexity index is 1070. The molecule has 1 aromatic heterocycles. The maximum absolute atomic E-state index is 13.7.